The van der Waals surface area contributed by atoms with Crippen LogP contribution in [-0.4, -0.2) is 17.8 Å². The number of rotatable bonds is 3. The van der Waals surface area contributed by atoms with Crippen LogP contribution in [0, 0.1) is 11.2 Å². The van der Waals surface area contributed by atoms with E-state index in [1.54, 1.807) is 6.07 Å². The fourth-order valence-electron chi connectivity index (χ4n) is 2.68. The van der Waals surface area contributed by atoms with Gasteiger partial charge < -0.3 is 10.8 Å². The Morgan fingerprint density at radius 2 is 2.29 bits per heavy atom. The smallest absolute Gasteiger partial charge is 0.124 e. The van der Waals surface area contributed by atoms with Crippen molar-refractivity contribution in [1.29, 1.82) is 0 Å². The van der Waals surface area contributed by atoms with Crippen molar-refractivity contribution in [3.8, 4) is 0 Å². The lowest BCUT2D eigenvalue weighted by molar-refractivity contribution is 0.0588. The van der Waals surface area contributed by atoms with Crippen LogP contribution >= 0.6 is 11.6 Å². The first-order chi connectivity index (χ1) is 8.07. The summed E-state index contributed by atoms with van der Waals surface area (Å²) in [6.07, 6.45) is 2.91. The fourth-order valence-corrected chi connectivity index (χ4v) is 2.92. The molecule has 2 nitrogen and oxygen atoms in total. The van der Waals surface area contributed by atoms with Crippen LogP contribution in [0.2, 0.25) is 5.02 Å². The molecule has 1 aliphatic rings. The lowest BCUT2D eigenvalue weighted by Gasteiger charge is -2.31. The lowest BCUT2D eigenvalue weighted by atomic mass is 9.78. The normalized spacial score (nSPS) is 28.6. The van der Waals surface area contributed by atoms with Gasteiger partial charge in [-0.3, -0.25) is 0 Å². The van der Waals surface area contributed by atoms with E-state index in [1.165, 1.54) is 12.1 Å². The van der Waals surface area contributed by atoms with Crippen LogP contribution in [0.3, 0.4) is 0 Å². The average Bonchev–Trinajstić information content (AvgIpc) is 2.65. The highest BCUT2D eigenvalue weighted by atomic mass is 35.5. The monoisotopic (exact) mass is 257 g/mol. The van der Waals surface area contributed by atoms with E-state index in [-0.39, 0.29) is 17.3 Å². The maximum atomic E-state index is 13.0. The molecule has 2 unspecified atom stereocenters. The van der Waals surface area contributed by atoms with Gasteiger partial charge in [-0.1, -0.05) is 24.1 Å². The summed E-state index contributed by atoms with van der Waals surface area (Å²) in [5, 5.41) is 10.5. The number of aliphatic hydroxyl groups is 1. The second-order valence-corrected chi connectivity index (χ2v) is 5.29. The van der Waals surface area contributed by atoms with Crippen molar-refractivity contribution < 1.29 is 9.50 Å². The van der Waals surface area contributed by atoms with Crippen LogP contribution in [0.4, 0.5) is 4.39 Å². The number of nitrogens with two attached hydrogens (primary N) is 1. The summed E-state index contributed by atoms with van der Waals surface area (Å²) in [5.41, 5.74) is 6.38. The summed E-state index contributed by atoms with van der Waals surface area (Å²) in [6, 6.07) is 4.38. The third-order valence-corrected chi connectivity index (χ3v) is 4.18. The van der Waals surface area contributed by atoms with Crippen LogP contribution < -0.4 is 5.73 Å². The second-order valence-electron chi connectivity index (χ2n) is 4.89. The molecular weight excluding hydrogens is 241 g/mol. The third-order valence-electron chi connectivity index (χ3n) is 3.82. The zero-order chi connectivity index (χ0) is 12.5. The molecule has 0 aliphatic heterocycles. The largest absolute Gasteiger partial charge is 0.392 e. The maximum absolute atomic E-state index is 13.0. The predicted octanol–water partition coefficient (Wildman–Crippen LogP) is 2.51. The summed E-state index contributed by atoms with van der Waals surface area (Å²) in [5.74, 6) is -0.340. The van der Waals surface area contributed by atoms with Crippen molar-refractivity contribution >= 4 is 11.6 Å². The predicted molar refractivity (Wildman–Crippen MR) is 66.5 cm³/mol. The van der Waals surface area contributed by atoms with Gasteiger partial charge in [0.15, 0.2) is 0 Å². The molecule has 2 rings (SSSR count). The van der Waals surface area contributed by atoms with E-state index < -0.39 is 0 Å². The molecule has 1 saturated carbocycles. The van der Waals surface area contributed by atoms with E-state index in [0.717, 1.165) is 24.8 Å². The molecule has 0 amide bonds. The molecule has 3 N–H and O–H groups in total. The Morgan fingerprint density at radius 1 is 1.53 bits per heavy atom. The minimum atomic E-state index is -0.381. The SMILES string of the molecule is NCC1(Cc2ccc(F)cc2Cl)CCCC1O. The zero-order valence-corrected chi connectivity index (χ0v) is 10.4. The van der Waals surface area contributed by atoms with Gasteiger partial charge >= 0.3 is 0 Å². The molecule has 17 heavy (non-hydrogen) atoms. The first-order valence-corrected chi connectivity index (χ1v) is 6.27. The van der Waals surface area contributed by atoms with Crippen molar-refractivity contribution in [3.63, 3.8) is 0 Å². The summed E-state index contributed by atoms with van der Waals surface area (Å²) in [4.78, 5) is 0. The highest BCUT2D eigenvalue weighted by Gasteiger charge is 2.41. The van der Waals surface area contributed by atoms with Gasteiger partial charge in [-0.2, -0.15) is 0 Å². The molecule has 0 saturated heterocycles. The number of halogens is 2. The van der Waals surface area contributed by atoms with E-state index in [2.05, 4.69) is 0 Å². The van der Waals surface area contributed by atoms with Crippen LogP contribution in [0.15, 0.2) is 18.2 Å². The molecule has 2 atom stereocenters. The molecular formula is C13H17ClFNO. The van der Waals surface area contributed by atoms with Gasteiger partial charge in [0, 0.05) is 17.0 Å². The number of hydrogen-bond donors (Lipinski definition) is 2. The molecule has 4 heteroatoms. The lowest BCUT2D eigenvalue weighted by Crippen LogP contribution is -2.39. The Balaban J connectivity index is 2.24. The van der Waals surface area contributed by atoms with Gasteiger partial charge in [0.05, 0.1) is 6.10 Å². The van der Waals surface area contributed by atoms with Crippen molar-refractivity contribution in [2.45, 2.75) is 31.8 Å². The first-order valence-electron chi connectivity index (χ1n) is 5.89. The van der Waals surface area contributed by atoms with Gasteiger partial charge in [0.2, 0.25) is 0 Å². The standard InChI is InChI=1S/C13H17ClFNO/c14-11-6-10(15)4-3-9(11)7-13(8-16)5-1-2-12(13)17/h3-4,6,12,17H,1-2,5,7-8,16H2. The molecule has 1 aliphatic carbocycles. The fraction of sp³-hybridized carbons (Fsp3) is 0.538. The Bertz CT molecular complexity index is 412. The van der Waals surface area contributed by atoms with Crippen LogP contribution in [0.5, 0.6) is 0 Å². The van der Waals surface area contributed by atoms with Gasteiger partial charge in [0.25, 0.3) is 0 Å². The maximum Gasteiger partial charge on any atom is 0.124 e. The first kappa shape index (κ1) is 12.8. The Kier molecular flexibility index (Phi) is 3.71. The minimum absolute atomic E-state index is 0.290. The van der Waals surface area contributed by atoms with E-state index >= 15 is 0 Å². The third kappa shape index (κ3) is 2.46. The van der Waals surface area contributed by atoms with Crippen LogP contribution in [0.25, 0.3) is 0 Å². The van der Waals surface area contributed by atoms with Crippen LogP contribution in [-0.2, 0) is 6.42 Å². The van der Waals surface area contributed by atoms with Gasteiger partial charge in [0.1, 0.15) is 5.82 Å². The zero-order valence-electron chi connectivity index (χ0n) is 9.63. The molecule has 0 radical (unpaired) electrons. The average molecular weight is 258 g/mol. The second kappa shape index (κ2) is 4.92. The summed E-state index contributed by atoms with van der Waals surface area (Å²) in [7, 11) is 0. The molecule has 0 heterocycles. The molecule has 1 aromatic carbocycles. The minimum Gasteiger partial charge on any atom is -0.392 e. The Hall–Kier alpha value is -0.640. The quantitative estimate of drug-likeness (QED) is 0.874. The highest BCUT2D eigenvalue weighted by molar-refractivity contribution is 6.31. The van der Waals surface area contributed by atoms with Crippen molar-refractivity contribution in [2.24, 2.45) is 11.1 Å². The van der Waals surface area contributed by atoms with E-state index in [1.807, 2.05) is 0 Å². The van der Waals surface area contributed by atoms with Crippen molar-refractivity contribution in [1.82, 2.24) is 0 Å². The Labute approximate surface area is 106 Å². The molecule has 1 aromatic rings. The number of hydrogen-bond acceptors (Lipinski definition) is 2. The van der Waals surface area contributed by atoms with Gasteiger partial charge in [-0.05, 0) is 37.0 Å². The molecule has 0 spiro atoms. The molecule has 1 fully saturated rings. The van der Waals surface area contributed by atoms with Crippen LogP contribution in [0.1, 0.15) is 24.8 Å². The topological polar surface area (TPSA) is 46.2 Å². The van der Waals surface area contributed by atoms with Gasteiger partial charge in [-0.25, -0.2) is 4.39 Å². The van der Waals surface area contributed by atoms with Crippen molar-refractivity contribution in [2.75, 3.05) is 6.54 Å². The molecule has 0 bridgehead atoms. The highest BCUT2D eigenvalue weighted by Crippen LogP contribution is 2.41. The van der Waals surface area contributed by atoms with Gasteiger partial charge in [-0.15, -0.1) is 0 Å². The Morgan fingerprint density at radius 3 is 2.82 bits per heavy atom. The molecule has 0 aromatic heterocycles. The number of benzene rings is 1. The molecule has 94 valence electrons. The summed E-state index contributed by atoms with van der Waals surface area (Å²) in [6.45, 7) is 0.432. The summed E-state index contributed by atoms with van der Waals surface area (Å²) < 4.78 is 13.0. The van der Waals surface area contributed by atoms with E-state index in [0.29, 0.717) is 18.0 Å². The summed E-state index contributed by atoms with van der Waals surface area (Å²) >= 11 is 6.01. The van der Waals surface area contributed by atoms with E-state index in [9.17, 15) is 9.50 Å². The number of aliphatic hydroxyl groups excluding tert-OH is 1. The van der Waals surface area contributed by atoms with Crippen molar-refractivity contribution in [3.05, 3.63) is 34.6 Å². The van der Waals surface area contributed by atoms with E-state index in [4.69, 9.17) is 17.3 Å².